The van der Waals surface area contributed by atoms with Gasteiger partial charge in [0, 0.05) is 22.2 Å². The van der Waals surface area contributed by atoms with Gasteiger partial charge >= 0.3 is 11.9 Å². The van der Waals surface area contributed by atoms with Crippen molar-refractivity contribution in [3.05, 3.63) is 38.3 Å². The van der Waals surface area contributed by atoms with Crippen molar-refractivity contribution in [2.45, 2.75) is 13.8 Å². The van der Waals surface area contributed by atoms with E-state index in [1.54, 1.807) is 0 Å². The van der Waals surface area contributed by atoms with Crippen molar-refractivity contribution in [3.8, 4) is 0 Å². The molecule has 0 spiro atoms. The maximum absolute atomic E-state index is 12.5. The van der Waals surface area contributed by atoms with E-state index in [1.165, 1.54) is 13.8 Å². The number of rotatable bonds is 7. The fraction of sp³-hybridized carbons (Fsp3) is 0.357. The molecule has 0 N–H and O–H groups in total. The van der Waals surface area contributed by atoms with Crippen LogP contribution in [0.1, 0.15) is 24.2 Å². The highest BCUT2D eigenvalue weighted by atomic mass is 79.9. The van der Waals surface area contributed by atoms with Gasteiger partial charge in [-0.2, -0.15) is 0 Å². The van der Waals surface area contributed by atoms with Crippen molar-refractivity contribution in [2.24, 2.45) is 5.92 Å². The van der Waals surface area contributed by atoms with Gasteiger partial charge in [-0.1, -0.05) is 0 Å². The summed E-state index contributed by atoms with van der Waals surface area (Å²) in [6.07, 6.45) is 0. The molecule has 0 aromatic heterocycles. The van der Waals surface area contributed by atoms with Crippen molar-refractivity contribution in [1.82, 2.24) is 0 Å². The van der Waals surface area contributed by atoms with Crippen LogP contribution in [-0.4, -0.2) is 35.9 Å². The number of ketones is 1. The highest BCUT2D eigenvalue weighted by molar-refractivity contribution is 9.10. The van der Waals surface area contributed by atoms with Gasteiger partial charge < -0.3 is 9.47 Å². The molecule has 1 rings (SSSR count). The molecule has 0 saturated heterocycles. The fourth-order valence-electron chi connectivity index (χ4n) is 1.73. The van der Waals surface area contributed by atoms with E-state index < -0.39 is 28.6 Å². The molecule has 0 atom stereocenters. The molecule has 0 heterocycles. The predicted octanol–water partition coefficient (Wildman–Crippen LogP) is 2.28. The molecule has 9 heteroatoms. The lowest BCUT2D eigenvalue weighted by Crippen LogP contribution is -2.35. The Morgan fingerprint density at radius 1 is 1.17 bits per heavy atom. The van der Waals surface area contributed by atoms with Crippen LogP contribution >= 0.6 is 15.9 Å². The molecule has 124 valence electrons. The molecule has 0 aliphatic rings. The number of nitro benzene ring substituents is 1. The van der Waals surface area contributed by atoms with E-state index in [2.05, 4.69) is 15.9 Å². The first-order chi connectivity index (χ1) is 10.8. The van der Waals surface area contributed by atoms with Crippen LogP contribution in [0.25, 0.3) is 0 Å². The zero-order valence-electron chi connectivity index (χ0n) is 12.4. The number of hydrogen-bond acceptors (Lipinski definition) is 7. The Labute approximate surface area is 140 Å². The number of carbonyl (C=O) groups is 3. The summed E-state index contributed by atoms with van der Waals surface area (Å²) in [5, 5.41) is 10.7. The summed E-state index contributed by atoms with van der Waals surface area (Å²) in [7, 11) is 0. The van der Waals surface area contributed by atoms with Crippen LogP contribution in [0, 0.1) is 16.0 Å². The Morgan fingerprint density at radius 2 is 1.70 bits per heavy atom. The number of non-ortho nitro benzene ring substituents is 1. The lowest BCUT2D eigenvalue weighted by molar-refractivity contribution is -0.384. The molecule has 0 aliphatic carbocycles. The first-order valence-corrected chi connectivity index (χ1v) is 7.44. The topological polar surface area (TPSA) is 113 Å². The number of nitrogens with zero attached hydrogens (tertiary/aromatic N) is 1. The number of carbonyl (C=O) groups excluding carboxylic acids is 3. The van der Waals surface area contributed by atoms with Crippen LogP contribution in [0.5, 0.6) is 0 Å². The molecular formula is C14H14BrNO7. The predicted molar refractivity (Wildman–Crippen MR) is 81.9 cm³/mol. The van der Waals surface area contributed by atoms with E-state index in [-0.39, 0.29) is 28.9 Å². The molecule has 0 bridgehead atoms. The van der Waals surface area contributed by atoms with Crippen LogP contribution in [0.3, 0.4) is 0 Å². The summed E-state index contributed by atoms with van der Waals surface area (Å²) in [5.41, 5.74) is -0.293. The maximum Gasteiger partial charge on any atom is 0.328 e. The van der Waals surface area contributed by atoms with Gasteiger partial charge in [0.2, 0.25) is 5.92 Å². The van der Waals surface area contributed by atoms with Crippen molar-refractivity contribution < 1.29 is 28.8 Å². The summed E-state index contributed by atoms with van der Waals surface area (Å²) in [4.78, 5) is 46.3. The van der Waals surface area contributed by atoms with Crippen LogP contribution in [0.4, 0.5) is 5.69 Å². The Kier molecular flexibility index (Phi) is 6.83. The van der Waals surface area contributed by atoms with Crippen LogP contribution in [0.15, 0.2) is 22.7 Å². The van der Waals surface area contributed by atoms with Crippen LogP contribution in [0.2, 0.25) is 0 Å². The third-order valence-electron chi connectivity index (χ3n) is 2.74. The summed E-state index contributed by atoms with van der Waals surface area (Å²) >= 11 is 3.03. The largest absolute Gasteiger partial charge is 0.465 e. The Hall–Kier alpha value is -2.29. The van der Waals surface area contributed by atoms with Crippen molar-refractivity contribution in [1.29, 1.82) is 0 Å². The number of esters is 2. The molecule has 0 unspecified atom stereocenters. The van der Waals surface area contributed by atoms with Gasteiger partial charge in [0.25, 0.3) is 5.69 Å². The second kappa shape index (κ2) is 8.37. The van der Waals surface area contributed by atoms with Gasteiger partial charge in [-0.25, -0.2) is 0 Å². The standard InChI is InChI=1S/C14H14BrNO7/c1-3-22-13(18)11(14(19)23-4-2)12(17)9-6-5-8(16(20)21)7-10(9)15/h5-7,11H,3-4H2,1-2H3. The molecule has 0 fully saturated rings. The fourth-order valence-corrected chi connectivity index (χ4v) is 2.30. The smallest absolute Gasteiger partial charge is 0.328 e. The van der Waals surface area contributed by atoms with Crippen LogP contribution < -0.4 is 0 Å². The van der Waals surface area contributed by atoms with E-state index in [1.807, 2.05) is 0 Å². The zero-order chi connectivity index (χ0) is 17.6. The highest BCUT2D eigenvalue weighted by Gasteiger charge is 2.38. The van der Waals surface area contributed by atoms with Crippen LogP contribution in [-0.2, 0) is 19.1 Å². The molecular weight excluding hydrogens is 374 g/mol. The number of hydrogen-bond donors (Lipinski definition) is 0. The Morgan fingerprint density at radius 3 is 2.09 bits per heavy atom. The van der Waals surface area contributed by atoms with E-state index >= 15 is 0 Å². The van der Waals surface area contributed by atoms with Gasteiger partial charge in [-0.15, -0.1) is 0 Å². The first-order valence-electron chi connectivity index (χ1n) is 6.64. The summed E-state index contributed by atoms with van der Waals surface area (Å²) in [6.45, 7) is 3.05. The SMILES string of the molecule is CCOC(=O)C(C(=O)OCC)C(=O)c1ccc([N+](=O)[O-])cc1Br. The molecule has 23 heavy (non-hydrogen) atoms. The lowest BCUT2D eigenvalue weighted by atomic mass is 9.97. The van der Waals surface area contributed by atoms with Gasteiger partial charge in [-0.3, -0.25) is 24.5 Å². The highest BCUT2D eigenvalue weighted by Crippen LogP contribution is 2.26. The van der Waals surface area contributed by atoms with Gasteiger partial charge in [0.15, 0.2) is 5.78 Å². The van der Waals surface area contributed by atoms with Crippen molar-refractivity contribution in [3.63, 3.8) is 0 Å². The number of benzene rings is 1. The van der Waals surface area contributed by atoms with Crippen molar-refractivity contribution in [2.75, 3.05) is 13.2 Å². The average Bonchev–Trinajstić information content (AvgIpc) is 2.47. The van der Waals surface area contributed by atoms with E-state index in [4.69, 9.17) is 9.47 Å². The third-order valence-corrected chi connectivity index (χ3v) is 3.39. The maximum atomic E-state index is 12.5. The monoisotopic (exact) mass is 387 g/mol. The molecule has 1 aromatic carbocycles. The van der Waals surface area contributed by atoms with Gasteiger partial charge in [0.05, 0.1) is 18.1 Å². The second-order valence-corrected chi connectivity index (χ2v) is 5.08. The quantitative estimate of drug-likeness (QED) is 0.232. The van der Waals surface area contributed by atoms with E-state index in [0.717, 1.165) is 18.2 Å². The number of Topliss-reactive ketones (excluding diaryl/α,β-unsaturated/α-hetero) is 1. The molecule has 0 saturated carbocycles. The van der Waals surface area contributed by atoms with E-state index in [0.29, 0.717) is 0 Å². The Balaban J connectivity index is 3.21. The summed E-state index contributed by atoms with van der Waals surface area (Å²) in [6, 6.07) is 3.38. The first kappa shape index (κ1) is 18.8. The molecule has 0 radical (unpaired) electrons. The van der Waals surface area contributed by atoms with E-state index in [9.17, 15) is 24.5 Å². The third kappa shape index (κ3) is 4.59. The summed E-state index contributed by atoms with van der Waals surface area (Å²) in [5.74, 6) is -4.68. The number of ether oxygens (including phenoxy) is 2. The average molecular weight is 388 g/mol. The number of halogens is 1. The molecule has 8 nitrogen and oxygen atoms in total. The minimum absolute atomic E-state index is 0.0105. The lowest BCUT2D eigenvalue weighted by Gasteiger charge is -2.14. The molecule has 1 aromatic rings. The number of nitro groups is 1. The summed E-state index contributed by atoms with van der Waals surface area (Å²) < 4.78 is 9.56. The minimum atomic E-state index is -1.77. The Bertz CT molecular complexity index is 626. The minimum Gasteiger partial charge on any atom is -0.465 e. The normalized spacial score (nSPS) is 10.3. The second-order valence-electron chi connectivity index (χ2n) is 4.22. The van der Waals surface area contributed by atoms with Crippen molar-refractivity contribution >= 4 is 39.3 Å². The molecule has 0 amide bonds. The van der Waals surface area contributed by atoms with Gasteiger partial charge in [0.1, 0.15) is 0 Å². The molecule has 0 aliphatic heterocycles. The zero-order valence-corrected chi connectivity index (χ0v) is 14.0. The van der Waals surface area contributed by atoms with Gasteiger partial charge in [-0.05, 0) is 35.8 Å².